The number of aromatic nitrogens is 1. The Kier molecular flexibility index (Phi) is 2.91. The van der Waals surface area contributed by atoms with Gasteiger partial charge < -0.3 is 21.1 Å². The second kappa shape index (κ2) is 4.36. The molecule has 0 bridgehead atoms. The van der Waals surface area contributed by atoms with E-state index in [1.54, 1.807) is 18.2 Å². The van der Waals surface area contributed by atoms with Crippen LogP contribution in [-0.4, -0.2) is 36.7 Å². The predicted octanol–water partition coefficient (Wildman–Crippen LogP) is -0.646. The lowest BCUT2D eigenvalue weighted by Gasteiger charge is -2.34. The number of pyridine rings is 1. The third-order valence-electron chi connectivity index (χ3n) is 2.51. The van der Waals surface area contributed by atoms with Crippen molar-refractivity contribution in [3.63, 3.8) is 0 Å². The van der Waals surface area contributed by atoms with Crippen LogP contribution < -0.4 is 16.4 Å². The minimum Gasteiger partial charge on any atom is -0.384 e. The number of rotatable bonds is 2. The highest BCUT2D eigenvalue weighted by molar-refractivity contribution is 5.83. The second-order valence-corrected chi connectivity index (χ2v) is 3.61. The lowest BCUT2D eigenvalue weighted by Crippen LogP contribution is -2.53. The molecule has 2 rings (SSSR count). The van der Waals surface area contributed by atoms with Gasteiger partial charge in [0.15, 0.2) is 0 Å². The summed E-state index contributed by atoms with van der Waals surface area (Å²) >= 11 is 0. The number of morpholine rings is 1. The van der Waals surface area contributed by atoms with Crippen LogP contribution in [0.2, 0.25) is 0 Å². The maximum atomic E-state index is 11.3. The van der Waals surface area contributed by atoms with E-state index in [9.17, 15) is 4.79 Å². The summed E-state index contributed by atoms with van der Waals surface area (Å²) in [6.45, 7) is 1.44. The van der Waals surface area contributed by atoms with Crippen molar-refractivity contribution in [3.05, 3.63) is 18.2 Å². The van der Waals surface area contributed by atoms with Gasteiger partial charge in [0.05, 0.1) is 13.2 Å². The summed E-state index contributed by atoms with van der Waals surface area (Å²) in [5, 5.41) is 0. The highest BCUT2D eigenvalue weighted by atomic mass is 16.5. The lowest BCUT2D eigenvalue weighted by atomic mass is 10.2. The highest BCUT2D eigenvalue weighted by Crippen LogP contribution is 2.18. The Morgan fingerprint density at radius 1 is 1.56 bits per heavy atom. The first-order valence-corrected chi connectivity index (χ1v) is 5.05. The molecule has 1 unspecified atom stereocenters. The normalized spacial score (nSPS) is 20.8. The van der Waals surface area contributed by atoms with E-state index in [1.165, 1.54) is 0 Å². The molecule has 1 aromatic rings. The number of amides is 1. The molecular weight excluding hydrogens is 208 g/mol. The SMILES string of the molecule is NC(=O)C1COCCN1c1cccc(N)n1. The van der Waals surface area contributed by atoms with Crippen molar-refractivity contribution in [1.29, 1.82) is 0 Å². The molecule has 1 fully saturated rings. The molecule has 0 saturated carbocycles. The third-order valence-corrected chi connectivity index (χ3v) is 2.51. The number of anilines is 2. The van der Waals surface area contributed by atoms with E-state index in [1.807, 2.05) is 4.90 Å². The summed E-state index contributed by atoms with van der Waals surface area (Å²) in [6.07, 6.45) is 0. The summed E-state index contributed by atoms with van der Waals surface area (Å²) in [7, 11) is 0. The molecule has 16 heavy (non-hydrogen) atoms. The molecule has 1 aromatic heterocycles. The van der Waals surface area contributed by atoms with Crippen molar-refractivity contribution in [2.45, 2.75) is 6.04 Å². The molecule has 1 aliphatic heterocycles. The summed E-state index contributed by atoms with van der Waals surface area (Å²) in [5.41, 5.74) is 10.9. The number of carbonyl (C=O) groups excluding carboxylic acids is 1. The summed E-state index contributed by atoms with van der Waals surface area (Å²) < 4.78 is 5.22. The molecule has 2 heterocycles. The fourth-order valence-corrected chi connectivity index (χ4v) is 1.71. The van der Waals surface area contributed by atoms with Crippen LogP contribution >= 0.6 is 0 Å². The van der Waals surface area contributed by atoms with Crippen LogP contribution in [0.3, 0.4) is 0 Å². The average Bonchev–Trinajstić information content (AvgIpc) is 2.29. The van der Waals surface area contributed by atoms with E-state index < -0.39 is 11.9 Å². The maximum absolute atomic E-state index is 11.3. The zero-order valence-electron chi connectivity index (χ0n) is 8.80. The first kappa shape index (κ1) is 10.7. The molecule has 4 N–H and O–H groups in total. The fraction of sp³-hybridized carbons (Fsp3) is 0.400. The van der Waals surface area contributed by atoms with Gasteiger partial charge in [-0.3, -0.25) is 4.79 Å². The van der Waals surface area contributed by atoms with Crippen molar-refractivity contribution in [2.75, 3.05) is 30.4 Å². The van der Waals surface area contributed by atoms with Crippen LogP contribution in [0.5, 0.6) is 0 Å². The van der Waals surface area contributed by atoms with Crippen molar-refractivity contribution >= 4 is 17.5 Å². The Bertz CT molecular complexity index is 396. The maximum Gasteiger partial charge on any atom is 0.242 e. The van der Waals surface area contributed by atoms with Gasteiger partial charge in [-0.25, -0.2) is 4.98 Å². The second-order valence-electron chi connectivity index (χ2n) is 3.61. The molecular formula is C10H14N4O2. The first-order chi connectivity index (χ1) is 7.68. The third kappa shape index (κ3) is 2.06. The smallest absolute Gasteiger partial charge is 0.242 e. The van der Waals surface area contributed by atoms with Gasteiger partial charge in [-0.1, -0.05) is 6.07 Å². The van der Waals surface area contributed by atoms with Crippen molar-refractivity contribution in [3.8, 4) is 0 Å². The monoisotopic (exact) mass is 222 g/mol. The summed E-state index contributed by atoms with van der Waals surface area (Å²) in [4.78, 5) is 17.3. The first-order valence-electron chi connectivity index (χ1n) is 5.05. The van der Waals surface area contributed by atoms with Gasteiger partial charge in [0.2, 0.25) is 5.91 Å². The molecule has 0 aromatic carbocycles. The largest absolute Gasteiger partial charge is 0.384 e. The number of ether oxygens (including phenoxy) is 1. The Labute approximate surface area is 93.2 Å². The number of carbonyl (C=O) groups is 1. The number of hydrogen-bond donors (Lipinski definition) is 2. The Hall–Kier alpha value is -1.82. The molecule has 0 spiro atoms. The van der Waals surface area contributed by atoms with Gasteiger partial charge in [-0.15, -0.1) is 0 Å². The van der Waals surface area contributed by atoms with Gasteiger partial charge in [0.1, 0.15) is 17.7 Å². The standard InChI is InChI=1S/C10H14N4O2/c11-8-2-1-3-9(13-8)14-4-5-16-6-7(14)10(12)15/h1-3,7H,4-6H2,(H2,11,13)(H2,12,15). The van der Waals surface area contributed by atoms with Crippen LogP contribution in [0.4, 0.5) is 11.6 Å². The van der Waals surface area contributed by atoms with Gasteiger partial charge in [0, 0.05) is 6.54 Å². The summed E-state index contributed by atoms with van der Waals surface area (Å²) in [6, 6.07) is 4.83. The van der Waals surface area contributed by atoms with Crippen molar-refractivity contribution in [1.82, 2.24) is 4.98 Å². The van der Waals surface area contributed by atoms with E-state index in [2.05, 4.69) is 4.98 Å². The van der Waals surface area contributed by atoms with Crippen LogP contribution in [0.15, 0.2) is 18.2 Å². The van der Waals surface area contributed by atoms with E-state index in [4.69, 9.17) is 16.2 Å². The molecule has 6 nitrogen and oxygen atoms in total. The van der Waals surface area contributed by atoms with Crippen LogP contribution in [0, 0.1) is 0 Å². The van der Waals surface area contributed by atoms with Crippen LogP contribution in [0.25, 0.3) is 0 Å². The zero-order chi connectivity index (χ0) is 11.5. The Morgan fingerprint density at radius 2 is 2.38 bits per heavy atom. The highest BCUT2D eigenvalue weighted by Gasteiger charge is 2.28. The van der Waals surface area contributed by atoms with Crippen LogP contribution in [0.1, 0.15) is 0 Å². The van der Waals surface area contributed by atoms with Gasteiger partial charge in [0.25, 0.3) is 0 Å². The molecule has 1 aliphatic rings. The van der Waals surface area contributed by atoms with Crippen LogP contribution in [-0.2, 0) is 9.53 Å². The number of hydrogen-bond acceptors (Lipinski definition) is 5. The fourth-order valence-electron chi connectivity index (χ4n) is 1.71. The lowest BCUT2D eigenvalue weighted by molar-refractivity contribution is -0.121. The van der Waals surface area contributed by atoms with E-state index in [0.29, 0.717) is 31.4 Å². The van der Waals surface area contributed by atoms with E-state index in [-0.39, 0.29) is 0 Å². The van der Waals surface area contributed by atoms with Gasteiger partial charge in [-0.05, 0) is 12.1 Å². The van der Waals surface area contributed by atoms with Gasteiger partial charge in [-0.2, -0.15) is 0 Å². The van der Waals surface area contributed by atoms with Crippen molar-refractivity contribution in [2.24, 2.45) is 5.73 Å². The Morgan fingerprint density at radius 3 is 3.06 bits per heavy atom. The number of nitrogens with two attached hydrogens (primary N) is 2. The number of nitrogens with zero attached hydrogens (tertiary/aromatic N) is 2. The molecule has 86 valence electrons. The molecule has 0 radical (unpaired) electrons. The average molecular weight is 222 g/mol. The summed E-state index contributed by atoms with van der Waals surface area (Å²) in [5.74, 6) is 0.670. The molecule has 1 amide bonds. The van der Waals surface area contributed by atoms with Gasteiger partial charge >= 0.3 is 0 Å². The topological polar surface area (TPSA) is 94.5 Å². The number of nitrogen functional groups attached to an aromatic ring is 1. The molecule has 6 heteroatoms. The Balaban J connectivity index is 2.26. The van der Waals surface area contributed by atoms with Crippen molar-refractivity contribution < 1.29 is 9.53 Å². The molecule has 1 saturated heterocycles. The number of primary amides is 1. The van der Waals surface area contributed by atoms with E-state index >= 15 is 0 Å². The predicted molar refractivity (Wildman–Crippen MR) is 59.8 cm³/mol. The quantitative estimate of drug-likeness (QED) is 0.693. The molecule has 1 atom stereocenters. The minimum atomic E-state index is -0.469. The minimum absolute atomic E-state index is 0.297. The van der Waals surface area contributed by atoms with E-state index in [0.717, 1.165) is 0 Å². The zero-order valence-corrected chi connectivity index (χ0v) is 8.80. The molecule has 0 aliphatic carbocycles.